The van der Waals surface area contributed by atoms with Crippen molar-refractivity contribution < 1.29 is 22.3 Å². The molecular weight excluding hydrogens is 427 g/mol. The normalized spacial score (nSPS) is 15.1. The van der Waals surface area contributed by atoms with Gasteiger partial charge in [0.1, 0.15) is 10.0 Å². The van der Waals surface area contributed by atoms with Crippen LogP contribution < -0.4 is 5.32 Å². The van der Waals surface area contributed by atoms with Gasteiger partial charge in [-0.1, -0.05) is 18.2 Å². The third-order valence-corrected chi connectivity index (χ3v) is 8.14. The lowest BCUT2D eigenvalue weighted by molar-refractivity contribution is 0.0731. The molecule has 1 amide bonds. The number of carbonyl (C=O) groups is 1. The summed E-state index contributed by atoms with van der Waals surface area (Å²) in [5.74, 6) is -0.811. The molecule has 1 aliphatic rings. The van der Waals surface area contributed by atoms with Crippen molar-refractivity contribution in [1.29, 1.82) is 0 Å². The quantitative estimate of drug-likeness (QED) is 0.646. The smallest absolute Gasteiger partial charge is 0.255 e. The van der Waals surface area contributed by atoms with Gasteiger partial charge in [0.25, 0.3) is 15.9 Å². The zero-order valence-electron chi connectivity index (χ0n) is 15.9. The van der Waals surface area contributed by atoms with Gasteiger partial charge in [0.05, 0.1) is 13.2 Å². The van der Waals surface area contributed by atoms with Crippen molar-refractivity contribution in [3.05, 3.63) is 72.0 Å². The number of benzene rings is 2. The molecule has 1 N–H and O–H groups in total. The molecule has 3 aromatic rings. The van der Waals surface area contributed by atoms with Crippen molar-refractivity contribution in [3.8, 4) is 10.4 Å². The van der Waals surface area contributed by atoms with Crippen molar-refractivity contribution in [2.24, 2.45) is 0 Å². The number of halogens is 1. The van der Waals surface area contributed by atoms with Gasteiger partial charge in [-0.3, -0.25) is 4.79 Å². The minimum atomic E-state index is -3.56. The lowest BCUT2D eigenvalue weighted by Gasteiger charge is -2.25. The number of rotatable bonds is 5. The van der Waals surface area contributed by atoms with E-state index >= 15 is 0 Å². The predicted octanol–water partition coefficient (Wildman–Crippen LogP) is 3.83. The fourth-order valence-electron chi connectivity index (χ4n) is 3.11. The molecule has 4 rings (SSSR count). The van der Waals surface area contributed by atoms with Crippen LogP contribution in [-0.4, -0.2) is 44.9 Å². The molecule has 6 nitrogen and oxygen atoms in total. The standard InChI is InChI=1S/C21H19FN2O4S2/c22-17-5-2-6-18(14-17)23-21(25)16-4-1-3-15(13-16)19-7-8-20(29-19)30(26,27)24-9-11-28-12-10-24/h1-8,13-14H,9-12H2,(H,23,25). The van der Waals surface area contributed by atoms with E-state index in [2.05, 4.69) is 5.32 Å². The van der Waals surface area contributed by atoms with Crippen LogP contribution in [0.1, 0.15) is 10.4 Å². The predicted molar refractivity (Wildman–Crippen MR) is 114 cm³/mol. The maximum atomic E-state index is 13.3. The first kappa shape index (κ1) is 20.7. The minimum Gasteiger partial charge on any atom is -0.379 e. The van der Waals surface area contributed by atoms with E-state index in [1.807, 2.05) is 6.07 Å². The molecule has 1 aromatic heterocycles. The summed E-state index contributed by atoms with van der Waals surface area (Å²) < 4.78 is 45.9. The Kier molecular flexibility index (Phi) is 5.96. The Morgan fingerprint density at radius 2 is 1.80 bits per heavy atom. The Morgan fingerprint density at radius 3 is 2.57 bits per heavy atom. The molecule has 0 unspecified atom stereocenters. The summed E-state index contributed by atoms with van der Waals surface area (Å²) >= 11 is 1.16. The second-order valence-electron chi connectivity index (χ2n) is 6.68. The second-order valence-corrected chi connectivity index (χ2v) is 9.93. The summed E-state index contributed by atoms with van der Waals surface area (Å²) in [7, 11) is -3.56. The highest BCUT2D eigenvalue weighted by Crippen LogP contribution is 2.33. The first-order valence-corrected chi connectivity index (χ1v) is 11.5. The third kappa shape index (κ3) is 4.44. The van der Waals surface area contributed by atoms with Crippen LogP contribution in [0.5, 0.6) is 0 Å². The number of carbonyl (C=O) groups excluding carboxylic acids is 1. The van der Waals surface area contributed by atoms with E-state index in [1.54, 1.807) is 36.4 Å². The summed E-state index contributed by atoms with van der Waals surface area (Å²) in [6.45, 7) is 1.45. The van der Waals surface area contributed by atoms with Gasteiger partial charge < -0.3 is 10.1 Å². The van der Waals surface area contributed by atoms with Gasteiger partial charge in [-0.05, 0) is 48.0 Å². The first-order valence-electron chi connectivity index (χ1n) is 9.28. The van der Waals surface area contributed by atoms with Crippen LogP contribution in [0, 0.1) is 5.82 Å². The largest absolute Gasteiger partial charge is 0.379 e. The molecule has 1 saturated heterocycles. The molecular formula is C21H19FN2O4S2. The molecule has 9 heteroatoms. The summed E-state index contributed by atoms with van der Waals surface area (Å²) in [6, 6.07) is 15.9. The number of anilines is 1. The van der Waals surface area contributed by atoms with Crippen LogP contribution in [0.25, 0.3) is 10.4 Å². The van der Waals surface area contributed by atoms with E-state index in [0.717, 1.165) is 21.8 Å². The lowest BCUT2D eigenvalue weighted by Crippen LogP contribution is -2.40. The number of nitrogens with zero attached hydrogens (tertiary/aromatic N) is 1. The molecule has 0 spiro atoms. The number of thiophene rings is 1. The van der Waals surface area contributed by atoms with Crippen molar-refractivity contribution in [2.75, 3.05) is 31.6 Å². The molecule has 0 aliphatic carbocycles. The van der Waals surface area contributed by atoms with Crippen LogP contribution >= 0.6 is 11.3 Å². The maximum absolute atomic E-state index is 13.3. The van der Waals surface area contributed by atoms with Gasteiger partial charge in [0.15, 0.2) is 0 Å². The molecule has 2 aromatic carbocycles. The summed E-state index contributed by atoms with van der Waals surface area (Å²) in [5.41, 5.74) is 1.48. The van der Waals surface area contributed by atoms with E-state index in [4.69, 9.17) is 4.74 Å². The lowest BCUT2D eigenvalue weighted by atomic mass is 10.1. The topological polar surface area (TPSA) is 75.7 Å². The number of amides is 1. The van der Waals surface area contributed by atoms with Gasteiger partial charge >= 0.3 is 0 Å². The minimum absolute atomic E-state index is 0.258. The van der Waals surface area contributed by atoms with E-state index in [1.165, 1.54) is 22.5 Å². The summed E-state index contributed by atoms with van der Waals surface area (Å²) in [4.78, 5) is 13.3. The van der Waals surface area contributed by atoms with E-state index in [-0.39, 0.29) is 10.1 Å². The number of hydrogen-bond acceptors (Lipinski definition) is 5. The zero-order chi connectivity index (χ0) is 21.1. The molecule has 30 heavy (non-hydrogen) atoms. The van der Waals surface area contributed by atoms with Crippen molar-refractivity contribution in [2.45, 2.75) is 4.21 Å². The van der Waals surface area contributed by atoms with Crippen molar-refractivity contribution >= 4 is 33.0 Å². The fraction of sp³-hybridized carbons (Fsp3) is 0.190. The monoisotopic (exact) mass is 446 g/mol. The highest BCUT2D eigenvalue weighted by atomic mass is 32.2. The van der Waals surface area contributed by atoms with Crippen LogP contribution in [0.2, 0.25) is 0 Å². The van der Waals surface area contributed by atoms with Gasteiger partial charge in [-0.2, -0.15) is 4.31 Å². The van der Waals surface area contributed by atoms with Gasteiger partial charge in [-0.25, -0.2) is 12.8 Å². The van der Waals surface area contributed by atoms with Crippen molar-refractivity contribution in [3.63, 3.8) is 0 Å². The Labute approximate surface area is 178 Å². The Morgan fingerprint density at radius 1 is 1.03 bits per heavy atom. The maximum Gasteiger partial charge on any atom is 0.255 e. The zero-order valence-corrected chi connectivity index (χ0v) is 17.5. The average Bonchev–Trinajstić information content (AvgIpc) is 3.26. The SMILES string of the molecule is O=C(Nc1cccc(F)c1)c1cccc(-c2ccc(S(=O)(=O)N3CCOCC3)s2)c1. The van der Waals surface area contributed by atoms with E-state index in [9.17, 15) is 17.6 Å². The van der Waals surface area contributed by atoms with Crippen LogP contribution in [0.15, 0.2) is 64.9 Å². The van der Waals surface area contributed by atoms with Crippen LogP contribution in [0.3, 0.4) is 0 Å². The number of ether oxygens (including phenoxy) is 1. The molecule has 2 heterocycles. The summed E-state index contributed by atoms with van der Waals surface area (Å²) in [5, 5.41) is 2.66. The Bertz CT molecular complexity index is 1170. The van der Waals surface area contributed by atoms with Crippen molar-refractivity contribution in [1.82, 2.24) is 4.31 Å². The first-order chi connectivity index (χ1) is 14.4. The van der Waals surface area contributed by atoms with Crippen LogP contribution in [-0.2, 0) is 14.8 Å². The summed E-state index contributed by atoms with van der Waals surface area (Å²) in [6.07, 6.45) is 0. The fourth-order valence-corrected chi connectivity index (χ4v) is 5.98. The van der Waals surface area contributed by atoms with Crippen LogP contribution in [0.4, 0.5) is 10.1 Å². The van der Waals surface area contributed by atoms with Gasteiger partial charge in [0, 0.05) is 29.2 Å². The molecule has 1 fully saturated rings. The van der Waals surface area contributed by atoms with Gasteiger partial charge in [-0.15, -0.1) is 11.3 Å². The average molecular weight is 447 g/mol. The highest BCUT2D eigenvalue weighted by Gasteiger charge is 2.27. The number of morpholine rings is 1. The van der Waals surface area contributed by atoms with E-state index in [0.29, 0.717) is 37.6 Å². The number of nitrogens with one attached hydrogen (secondary N) is 1. The molecule has 0 atom stereocenters. The van der Waals surface area contributed by atoms with Gasteiger partial charge in [0.2, 0.25) is 0 Å². The van der Waals surface area contributed by atoms with E-state index < -0.39 is 15.8 Å². The number of sulfonamides is 1. The molecule has 0 saturated carbocycles. The molecule has 156 valence electrons. The Hall–Kier alpha value is -2.59. The highest BCUT2D eigenvalue weighted by molar-refractivity contribution is 7.91. The number of hydrogen-bond donors (Lipinski definition) is 1. The third-order valence-electron chi connectivity index (χ3n) is 4.64. The molecule has 1 aliphatic heterocycles. The molecule has 0 bridgehead atoms. The Balaban J connectivity index is 1.55. The second kappa shape index (κ2) is 8.65. The molecule has 0 radical (unpaired) electrons.